The monoisotopic (exact) mass is 407 g/mol. The van der Waals surface area contributed by atoms with Crippen molar-refractivity contribution in [3.05, 3.63) is 52.8 Å². The second kappa shape index (κ2) is 8.53. The van der Waals surface area contributed by atoms with Crippen LogP contribution in [0, 0.1) is 0 Å². The van der Waals surface area contributed by atoms with Crippen molar-refractivity contribution in [3.63, 3.8) is 0 Å². The average molecular weight is 408 g/mol. The highest BCUT2D eigenvalue weighted by molar-refractivity contribution is 7.99. The number of amides is 1. The van der Waals surface area contributed by atoms with Gasteiger partial charge in [-0.05, 0) is 37.3 Å². The van der Waals surface area contributed by atoms with E-state index in [-0.39, 0.29) is 11.7 Å². The first kappa shape index (κ1) is 18.7. The van der Waals surface area contributed by atoms with Crippen LogP contribution in [0.1, 0.15) is 6.92 Å². The topological polar surface area (TPSA) is 72.7 Å². The number of hydrogen-bond acceptors (Lipinski definition) is 5. The summed E-state index contributed by atoms with van der Waals surface area (Å²) < 4.78 is 1.84. The molecule has 26 heavy (non-hydrogen) atoms. The molecule has 134 valence electrons. The van der Waals surface area contributed by atoms with Gasteiger partial charge in [0.15, 0.2) is 11.0 Å². The number of thioether (sulfide) groups is 1. The molecule has 2 heterocycles. The Hall–Kier alpha value is -2.09. The van der Waals surface area contributed by atoms with Gasteiger partial charge in [0, 0.05) is 24.5 Å². The van der Waals surface area contributed by atoms with Gasteiger partial charge >= 0.3 is 0 Å². The SMILES string of the molecule is CCNC(=O)CSc1nnc(-c2cccnc2)n1-c1ccc(Cl)c(Cl)c1. The normalized spacial score (nSPS) is 10.7. The van der Waals surface area contributed by atoms with E-state index in [1.165, 1.54) is 11.8 Å². The maximum Gasteiger partial charge on any atom is 0.230 e. The molecule has 1 amide bonds. The number of rotatable bonds is 6. The first-order chi connectivity index (χ1) is 12.6. The van der Waals surface area contributed by atoms with Gasteiger partial charge in [0.25, 0.3) is 0 Å². The molecule has 0 spiro atoms. The maximum atomic E-state index is 11.8. The Labute approximate surface area is 164 Å². The smallest absolute Gasteiger partial charge is 0.230 e. The predicted molar refractivity (Wildman–Crippen MR) is 104 cm³/mol. The molecule has 0 atom stereocenters. The minimum Gasteiger partial charge on any atom is -0.356 e. The molecule has 0 aliphatic heterocycles. The third-order valence-corrected chi connectivity index (χ3v) is 5.09. The minimum atomic E-state index is -0.0656. The van der Waals surface area contributed by atoms with Crippen molar-refractivity contribution in [2.24, 2.45) is 0 Å². The third-order valence-electron chi connectivity index (χ3n) is 3.42. The molecular weight excluding hydrogens is 393 g/mol. The lowest BCUT2D eigenvalue weighted by Crippen LogP contribution is -2.24. The summed E-state index contributed by atoms with van der Waals surface area (Å²) in [6, 6.07) is 9.00. The lowest BCUT2D eigenvalue weighted by Gasteiger charge is -2.11. The zero-order valence-corrected chi connectivity index (χ0v) is 16.1. The van der Waals surface area contributed by atoms with Crippen LogP contribution in [0.2, 0.25) is 10.0 Å². The molecule has 3 rings (SSSR count). The standard InChI is InChI=1S/C17H15Cl2N5OS/c1-2-21-15(25)10-26-17-23-22-16(11-4-3-7-20-9-11)24(17)12-5-6-13(18)14(19)8-12/h3-9H,2,10H2,1H3,(H,21,25). The van der Waals surface area contributed by atoms with Gasteiger partial charge in [-0.15, -0.1) is 10.2 Å². The first-order valence-electron chi connectivity index (χ1n) is 7.81. The number of benzene rings is 1. The van der Waals surface area contributed by atoms with E-state index in [1.807, 2.05) is 29.7 Å². The third kappa shape index (κ3) is 4.17. The molecule has 3 aromatic rings. The Balaban J connectivity index is 2.03. The number of pyridine rings is 1. The molecule has 0 saturated carbocycles. The highest BCUT2D eigenvalue weighted by Gasteiger charge is 2.18. The summed E-state index contributed by atoms with van der Waals surface area (Å²) in [6.07, 6.45) is 3.39. The second-order valence-corrected chi connectivity index (χ2v) is 6.98. The van der Waals surface area contributed by atoms with Gasteiger partial charge in [0.2, 0.25) is 5.91 Å². The quantitative estimate of drug-likeness (QED) is 0.627. The number of carbonyl (C=O) groups excluding carboxylic acids is 1. The van der Waals surface area contributed by atoms with E-state index in [4.69, 9.17) is 23.2 Å². The molecule has 1 N–H and O–H groups in total. The Morgan fingerprint density at radius 3 is 2.77 bits per heavy atom. The fraction of sp³-hybridized carbons (Fsp3) is 0.176. The molecule has 2 aromatic heterocycles. The van der Waals surface area contributed by atoms with Crippen LogP contribution in [0.15, 0.2) is 47.9 Å². The van der Waals surface area contributed by atoms with Crippen LogP contribution in [0.3, 0.4) is 0 Å². The molecule has 0 aliphatic rings. The van der Waals surface area contributed by atoms with Gasteiger partial charge in [-0.3, -0.25) is 14.3 Å². The minimum absolute atomic E-state index is 0.0656. The van der Waals surface area contributed by atoms with E-state index in [0.29, 0.717) is 27.6 Å². The number of nitrogens with one attached hydrogen (secondary N) is 1. The van der Waals surface area contributed by atoms with Crippen molar-refractivity contribution >= 4 is 40.9 Å². The highest BCUT2D eigenvalue weighted by atomic mass is 35.5. The maximum absolute atomic E-state index is 11.8. The Morgan fingerprint density at radius 1 is 1.23 bits per heavy atom. The van der Waals surface area contributed by atoms with Crippen molar-refractivity contribution in [3.8, 4) is 17.1 Å². The van der Waals surface area contributed by atoms with E-state index in [0.717, 1.165) is 11.3 Å². The number of halogens is 2. The number of aromatic nitrogens is 4. The number of hydrogen-bond donors (Lipinski definition) is 1. The molecule has 0 aliphatic carbocycles. The van der Waals surface area contributed by atoms with Crippen LogP contribution in [0.5, 0.6) is 0 Å². The molecule has 1 aromatic carbocycles. The lowest BCUT2D eigenvalue weighted by molar-refractivity contribution is -0.118. The first-order valence-corrected chi connectivity index (χ1v) is 9.55. The summed E-state index contributed by atoms with van der Waals surface area (Å²) in [5.41, 5.74) is 1.55. The predicted octanol–water partition coefficient (Wildman–Crippen LogP) is 3.86. The summed E-state index contributed by atoms with van der Waals surface area (Å²) in [5.74, 6) is 0.777. The summed E-state index contributed by atoms with van der Waals surface area (Å²) in [5, 5.41) is 12.8. The lowest BCUT2D eigenvalue weighted by atomic mass is 10.2. The van der Waals surface area contributed by atoms with Crippen molar-refractivity contribution in [1.29, 1.82) is 0 Å². The largest absolute Gasteiger partial charge is 0.356 e. The fourth-order valence-electron chi connectivity index (χ4n) is 2.28. The number of nitrogens with zero attached hydrogens (tertiary/aromatic N) is 4. The van der Waals surface area contributed by atoms with E-state index >= 15 is 0 Å². The van der Waals surface area contributed by atoms with Crippen LogP contribution in [-0.2, 0) is 4.79 Å². The molecule has 9 heteroatoms. The molecule has 0 saturated heterocycles. The summed E-state index contributed by atoms with van der Waals surface area (Å²) in [7, 11) is 0. The highest BCUT2D eigenvalue weighted by Crippen LogP contribution is 2.31. The molecule has 0 bridgehead atoms. The molecule has 0 unspecified atom stereocenters. The van der Waals surface area contributed by atoms with Crippen LogP contribution < -0.4 is 5.32 Å². The second-order valence-electron chi connectivity index (χ2n) is 5.22. The van der Waals surface area contributed by atoms with Crippen molar-refractivity contribution < 1.29 is 4.79 Å². The summed E-state index contributed by atoms with van der Waals surface area (Å²) >= 11 is 13.5. The molecule has 0 fully saturated rings. The van der Waals surface area contributed by atoms with Crippen LogP contribution >= 0.6 is 35.0 Å². The van der Waals surface area contributed by atoms with Crippen LogP contribution in [-0.4, -0.2) is 38.0 Å². The van der Waals surface area contributed by atoms with Crippen molar-refractivity contribution in [2.45, 2.75) is 12.1 Å². The molecular formula is C17H15Cl2N5OS. The van der Waals surface area contributed by atoms with Gasteiger partial charge in [0.05, 0.1) is 21.5 Å². The zero-order chi connectivity index (χ0) is 18.5. The van der Waals surface area contributed by atoms with E-state index in [9.17, 15) is 4.79 Å². The van der Waals surface area contributed by atoms with Gasteiger partial charge in [0.1, 0.15) is 0 Å². The van der Waals surface area contributed by atoms with Gasteiger partial charge in [-0.25, -0.2) is 0 Å². The Kier molecular flexibility index (Phi) is 6.13. The van der Waals surface area contributed by atoms with Gasteiger partial charge in [-0.2, -0.15) is 0 Å². The fourth-order valence-corrected chi connectivity index (χ4v) is 3.35. The van der Waals surface area contributed by atoms with Crippen molar-refractivity contribution in [1.82, 2.24) is 25.1 Å². The Bertz CT molecular complexity index is 917. The van der Waals surface area contributed by atoms with Gasteiger partial charge < -0.3 is 5.32 Å². The summed E-state index contributed by atoms with van der Waals surface area (Å²) in [6.45, 7) is 2.46. The Morgan fingerprint density at radius 2 is 2.08 bits per heavy atom. The number of carbonyl (C=O) groups is 1. The zero-order valence-electron chi connectivity index (χ0n) is 13.8. The van der Waals surface area contributed by atoms with Crippen LogP contribution in [0.25, 0.3) is 17.1 Å². The van der Waals surface area contributed by atoms with E-state index in [1.54, 1.807) is 24.5 Å². The average Bonchev–Trinajstić information content (AvgIpc) is 3.07. The summed E-state index contributed by atoms with van der Waals surface area (Å²) in [4.78, 5) is 15.9. The molecule has 0 radical (unpaired) electrons. The molecule has 6 nitrogen and oxygen atoms in total. The van der Waals surface area contributed by atoms with Crippen molar-refractivity contribution in [2.75, 3.05) is 12.3 Å². The van der Waals surface area contributed by atoms with E-state index in [2.05, 4.69) is 20.5 Å². The van der Waals surface area contributed by atoms with Crippen LogP contribution in [0.4, 0.5) is 0 Å². The van der Waals surface area contributed by atoms with Gasteiger partial charge in [-0.1, -0.05) is 35.0 Å². The van der Waals surface area contributed by atoms with E-state index < -0.39 is 0 Å².